The topological polar surface area (TPSA) is 59.7 Å². The molecule has 0 saturated carbocycles. The third kappa shape index (κ3) is 1.62. The Morgan fingerprint density at radius 1 is 1.50 bits per heavy atom. The molecule has 1 aromatic heterocycles. The Hall–Kier alpha value is -1.97. The van der Waals surface area contributed by atoms with Crippen LogP contribution in [0.1, 0.15) is 18.4 Å². The second-order valence-corrected chi connectivity index (χ2v) is 3.62. The van der Waals surface area contributed by atoms with Crippen molar-refractivity contribution in [3.05, 3.63) is 30.0 Å². The van der Waals surface area contributed by atoms with Crippen molar-refractivity contribution >= 4 is 16.9 Å². The zero-order valence-electron chi connectivity index (χ0n) is 9.06. The van der Waals surface area contributed by atoms with Gasteiger partial charge >= 0.3 is 5.97 Å². The van der Waals surface area contributed by atoms with Gasteiger partial charge in [0, 0.05) is 5.39 Å². The summed E-state index contributed by atoms with van der Waals surface area (Å²) in [5, 5.41) is 9.81. The first-order valence-electron chi connectivity index (χ1n) is 4.91. The van der Waals surface area contributed by atoms with E-state index in [0.717, 1.165) is 5.39 Å². The normalized spacial score (nSPS) is 12.6. The standard InChI is InChI=1S/C12H12O4/c1-7(12(13)14)9-5-8-3-4-16-11(8)10(6-9)15-2/h3-7H,1-2H3,(H,13,14). The minimum Gasteiger partial charge on any atom is -0.493 e. The van der Waals surface area contributed by atoms with Crippen LogP contribution in [0.15, 0.2) is 28.9 Å². The molecule has 4 heteroatoms. The summed E-state index contributed by atoms with van der Waals surface area (Å²) in [5.74, 6) is -0.858. The lowest BCUT2D eigenvalue weighted by Gasteiger charge is -2.09. The molecule has 0 aliphatic heterocycles. The van der Waals surface area contributed by atoms with E-state index in [0.29, 0.717) is 16.9 Å². The largest absolute Gasteiger partial charge is 0.493 e. The molecule has 0 spiro atoms. The van der Waals surface area contributed by atoms with Crippen LogP contribution >= 0.6 is 0 Å². The van der Waals surface area contributed by atoms with E-state index in [1.165, 1.54) is 7.11 Å². The number of rotatable bonds is 3. The van der Waals surface area contributed by atoms with Gasteiger partial charge in [-0.05, 0) is 30.7 Å². The highest BCUT2D eigenvalue weighted by molar-refractivity contribution is 5.86. The number of ether oxygens (including phenoxy) is 1. The van der Waals surface area contributed by atoms with Crippen LogP contribution in [0.4, 0.5) is 0 Å². The zero-order chi connectivity index (χ0) is 11.7. The summed E-state index contributed by atoms with van der Waals surface area (Å²) in [4.78, 5) is 10.9. The fourth-order valence-corrected chi connectivity index (χ4v) is 1.62. The maximum Gasteiger partial charge on any atom is 0.310 e. The molecule has 84 valence electrons. The highest BCUT2D eigenvalue weighted by Crippen LogP contribution is 2.31. The van der Waals surface area contributed by atoms with Gasteiger partial charge in [-0.25, -0.2) is 0 Å². The highest BCUT2D eigenvalue weighted by atomic mass is 16.5. The molecule has 16 heavy (non-hydrogen) atoms. The fourth-order valence-electron chi connectivity index (χ4n) is 1.62. The van der Waals surface area contributed by atoms with Crippen LogP contribution in [-0.2, 0) is 4.79 Å². The smallest absolute Gasteiger partial charge is 0.310 e. The van der Waals surface area contributed by atoms with E-state index >= 15 is 0 Å². The van der Waals surface area contributed by atoms with Gasteiger partial charge in [0.05, 0.1) is 19.3 Å². The summed E-state index contributed by atoms with van der Waals surface area (Å²) in [5.41, 5.74) is 1.35. The maximum absolute atomic E-state index is 10.9. The Balaban J connectivity index is 2.59. The summed E-state index contributed by atoms with van der Waals surface area (Å²) in [6.45, 7) is 1.64. The molecule has 2 aromatic rings. The molecule has 0 radical (unpaired) electrons. The van der Waals surface area contributed by atoms with E-state index in [1.54, 1.807) is 31.4 Å². The van der Waals surface area contributed by atoms with E-state index in [4.69, 9.17) is 14.3 Å². The number of fused-ring (bicyclic) bond motifs is 1. The second-order valence-electron chi connectivity index (χ2n) is 3.62. The lowest BCUT2D eigenvalue weighted by molar-refractivity contribution is -0.138. The van der Waals surface area contributed by atoms with E-state index in [2.05, 4.69) is 0 Å². The number of hydrogen-bond donors (Lipinski definition) is 1. The lowest BCUT2D eigenvalue weighted by atomic mass is 10.00. The van der Waals surface area contributed by atoms with Gasteiger partial charge in [-0.1, -0.05) is 0 Å². The quantitative estimate of drug-likeness (QED) is 0.863. The number of methoxy groups -OCH3 is 1. The number of carboxylic acids is 1. The van der Waals surface area contributed by atoms with Crippen LogP contribution in [0, 0.1) is 0 Å². The summed E-state index contributed by atoms with van der Waals surface area (Å²) in [6.07, 6.45) is 1.56. The molecule has 0 bridgehead atoms. The number of hydrogen-bond acceptors (Lipinski definition) is 3. The summed E-state index contributed by atoms with van der Waals surface area (Å²) in [6, 6.07) is 5.29. The van der Waals surface area contributed by atoms with Crippen LogP contribution in [0.5, 0.6) is 5.75 Å². The molecule has 0 aliphatic rings. The summed E-state index contributed by atoms with van der Waals surface area (Å²) < 4.78 is 10.4. The van der Waals surface area contributed by atoms with Gasteiger partial charge in [-0.3, -0.25) is 4.79 Å². The van der Waals surface area contributed by atoms with Gasteiger partial charge in [0.15, 0.2) is 11.3 Å². The first-order valence-corrected chi connectivity index (χ1v) is 4.91. The van der Waals surface area contributed by atoms with Crippen LogP contribution < -0.4 is 4.74 Å². The molecule has 0 fully saturated rings. The third-order valence-corrected chi connectivity index (χ3v) is 2.63. The zero-order valence-corrected chi connectivity index (χ0v) is 9.06. The first kappa shape index (κ1) is 10.5. The third-order valence-electron chi connectivity index (χ3n) is 2.63. The van der Waals surface area contributed by atoms with Crippen molar-refractivity contribution in [2.75, 3.05) is 7.11 Å². The van der Waals surface area contributed by atoms with E-state index in [9.17, 15) is 4.79 Å². The van der Waals surface area contributed by atoms with Crippen molar-refractivity contribution in [1.82, 2.24) is 0 Å². The van der Waals surface area contributed by atoms with Gasteiger partial charge in [-0.15, -0.1) is 0 Å². The van der Waals surface area contributed by atoms with Crippen LogP contribution in [0.25, 0.3) is 11.0 Å². The molecule has 2 rings (SSSR count). The predicted octanol–water partition coefficient (Wildman–Crippen LogP) is 2.63. The number of carbonyl (C=O) groups is 1. The number of furan rings is 1. The van der Waals surface area contributed by atoms with Crippen molar-refractivity contribution in [1.29, 1.82) is 0 Å². The molecule has 0 saturated heterocycles. The monoisotopic (exact) mass is 220 g/mol. The fraction of sp³-hybridized carbons (Fsp3) is 0.250. The van der Waals surface area contributed by atoms with Crippen molar-refractivity contribution in [2.45, 2.75) is 12.8 Å². The van der Waals surface area contributed by atoms with Crippen LogP contribution in [0.2, 0.25) is 0 Å². The molecule has 1 atom stereocenters. The molecular weight excluding hydrogens is 208 g/mol. The van der Waals surface area contributed by atoms with Crippen molar-refractivity contribution in [3.8, 4) is 5.75 Å². The van der Waals surface area contributed by atoms with E-state index < -0.39 is 11.9 Å². The van der Waals surface area contributed by atoms with Gasteiger partial charge in [0.2, 0.25) is 0 Å². The molecule has 1 unspecified atom stereocenters. The molecule has 1 aromatic carbocycles. The molecule has 1 N–H and O–H groups in total. The van der Waals surface area contributed by atoms with Crippen molar-refractivity contribution in [3.63, 3.8) is 0 Å². The SMILES string of the molecule is COc1cc(C(C)C(=O)O)cc2ccoc12. The number of carboxylic acid groups (broad SMARTS) is 1. The summed E-state index contributed by atoms with van der Waals surface area (Å²) >= 11 is 0. The first-order chi connectivity index (χ1) is 7.63. The number of aliphatic carboxylic acids is 1. The van der Waals surface area contributed by atoms with Crippen LogP contribution in [0.3, 0.4) is 0 Å². The Labute approximate surface area is 92.4 Å². The molecule has 0 aliphatic carbocycles. The van der Waals surface area contributed by atoms with Crippen LogP contribution in [-0.4, -0.2) is 18.2 Å². The van der Waals surface area contributed by atoms with Gasteiger partial charge in [0.25, 0.3) is 0 Å². The molecular formula is C12H12O4. The number of benzene rings is 1. The average molecular weight is 220 g/mol. The Bertz CT molecular complexity index is 527. The minimum atomic E-state index is -0.857. The average Bonchev–Trinajstić information content (AvgIpc) is 2.74. The Kier molecular flexibility index (Phi) is 2.56. The Morgan fingerprint density at radius 3 is 2.88 bits per heavy atom. The van der Waals surface area contributed by atoms with E-state index in [-0.39, 0.29) is 0 Å². The molecule has 0 amide bonds. The van der Waals surface area contributed by atoms with E-state index in [1.807, 2.05) is 0 Å². The van der Waals surface area contributed by atoms with Gasteiger partial charge < -0.3 is 14.3 Å². The minimum absolute atomic E-state index is 0.561. The molecule has 4 nitrogen and oxygen atoms in total. The summed E-state index contributed by atoms with van der Waals surface area (Å²) in [7, 11) is 1.53. The molecule has 1 heterocycles. The van der Waals surface area contributed by atoms with Gasteiger partial charge in [0.1, 0.15) is 0 Å². The van der Waals surface area contributed by atoms with Crippen molar-refractivity contribution < 1.29 is 19.1 Å². The van der Waals surface area contributed by atoms with Gasteiger partial charge in [-0.2, -0.15) is 0 Å². The Morgan fingerprint density at radius 2 is 2.25 bits per heavy atom. The second kappa shape index (κ2) is 3.89. The lowest BCUT2D eigenvalue weighted by Crippen LogP contribution is -2.07. The highest BCUT2D eigenvalue weighted by Gasteiger charge is 2.17. The van der Waals surface area contributed by atoms with Crippen molar-refractivity contribution in [2.24, 2.45) is 0 Å². The predicted molar refractivity (Wildman–Crippen MR) is 58.8 cm³/mol. The maximum atomic E-state index is 10.9.